The van der Waals surface area contributed by atoms with E-state index < -0.39 is 16.4 Å². The Morgan fingerprint density at radius 3 is 2.71 bits per heavy atom. The maximum absolute atomic E-state index is 13.1. The van der Waals surface area contributed by atoms with Crippen molar-refractivity contribution in [2.24, 2.45) is 5.73 Å². The summed E-state index contributed by atoms with van der Waals surface area (Å²) >= 11 is 0. The highest BCUT2D eigenvalue weighted by Crippen LogP contribution is 2.21. The second-order valence-electron chi connectivity index (χ2n) is 2.98. The van der Waals surface area contributed by atoms with Crippen LogP contribution < -0.4 is 5.73 Å². The summed E-state index contributed by atoms with van der Waals surface area (Å²) in [6, 6.07) is 3.47. The number of halogens is 1. The first-order valence-electron chi connectivity index (χ1n) is 4.25. The van der Waals surface area contributed by atoms with Crippen LogP contribution in [0.15, 0.2) is 18.2 Å². The number of hydrogen-bond acceptors (Lipinski definition) is 3. The van der Waals surface area contributed by atoms with Crippen LogP contribution >= 0.6 is 0 Å². The van der Waals surface area contributed by atoms with E-state index in [1.807, 2.05) is 6.92 Å². The lowest BCUT2D eigenvalue weighted by atomic mass is 10.1. The fourth-order valence-electron chi connectivity index (χ4n) is 1.14. The number of benzene rings is 1. The molecule has 0 aliphatic heterocycles. The van der Waals surface area contributed by atoms with Crippen molar-refractivity contribution in [3.05, 3.63) is 39.7 Å². The molecule has 0 aliphatic rings. The Bertz CT molecular complexity index is 355. The van der Waals surface area contributed by atoms with Crippen molar-refractivity contribution < 1.29 is 9.31 Å². The van der Waals surface area contributed by atoms with Gasteiger partial charge in [0.05, 0.1) is 4.92 Å². The molecular weight excluding hydrogens is 187 g/mol. The lowest BCUT2D eigenvalue weighted by Crippen LogP contribution is -2.09. The molecule has 0 heterocycles. The van der Waals surface area contributed by atoms with Crippen molar-refractivity contribution in [3.8, 4) is 0 Å². The molecule has 0 amide bonds. The van der Waals surface area contributed by atoms with E-state index in [-0.39, 0.29) is 6.04 Å². The zero-order valence-corrected chi connectivity index (χ0v) is 7.74. The number of nitro groups is 1. The normalized spacial score (nSPS) is 12.5. The number of nitro benzene ring substituents is 1. The minimum absolute atomic E-state index is 0.273. The predicted octanol–water partition coefficient (Wildman–Crippen LogP) is 2.14. The predicted molar refractivity (Wildman–Crippen MR) is 50.3 cm³/mol. The summed E-state index contributed by atoms with van der Waals surface area (Å²) in [7, 11) is 0. The van der Waals surface area contributed by atoms with Crippen LogP contribution in [0.25, 0.3) is 0 Å². The molecule has 0 aliphatic carbocycles. The Labute approximate surface area is 80.7 Å². The molecule has 76 valence electrons. The van der Waals surface area contributed by atoms with Crippen molar-refractivity contribution in [1.29, 1.82) is 0 Å². The van der Waals surface area contributed by atoms with Gasteiger partial charge in [0.1, 0.15) is 0 Å². The van der Waals surface area contributed by atoms with E-state index in [1.54, 1.807) is 0 Å². The highest BCUT2D eigenvalue weighted by atomic mass is 19.1. The first-order valence-corrected chi connectivity index (χ1v) is 4.25. The smallest absolute Gasteiger partial charge is 0.304 e. The van der Waals surface area contributed by atoms with Gasteiger partial charge in [0.25, 0.3) is 0 Å². The quantitative estimate of drug-likeness (QED) is 0.597. The molecule has 0 unspecified atom stereocenters. The average Bonchev–Trinajstić information content (AvgIpc) is 2.15. The minimum Gasteiger partial charge on any atom is -0.324 e. The highest BCUT2D eigenvalue weighted by Gasteiger charge is 2.15. The second kappa shape index (κ2) is 4.15. The third-order valence-electron chi connectivity index (χ3n) is 2.04. The molecule has 0 fully saturated rings. The van der Waals surface area contributed by atoms with Gasteiger partial charge in [0.2, 0.25) is 5.82 Å². The van der Waals surface area contributed by atoms with Crippen LogP contribution in [0.2, 0.25) is 0 Å². The van der Waals surface area contributed by atoms with Crippen LogP contribution in [-0.2, 0) is 0 Å². The Balaban J connectivity index is 3.06. The van der Waals surface area contributed by atoms with Gasteiger partial charge in [-0.3, -0.25) is 10.1 Å². The third-order valence-corrected chi connectivity index (χ3v) is 2.04. The van der Waals surface area contributed by atoms with Crippen LogP contribution in [0, 0.1) is 15.9 Å². The maximum Gasteiger partial charge on any atom is 0.304 e. The summed E-state index contributed by atoms with van der Waals surface area (Å²) in [5.74, 6) is -0.837. The minimum atomic E-state index is -0.837. The molecule has 1 aromatic rings. The van der Waals surface area contributed by atoms with Crippen molar-refractivity contribution in [2.45, 2.75) is 19.4 Å². The number of hydrogen-bond donors (Lipinski definition) is 1. The molecule has 1 atom stereocenters. The van der Waals surface area contributed by atoms with Gasteiger partial charge in [-0.2, -0.15) is 4.39 Å². The summed E-state index contributed by atoms with van der Waals surface area (Å²) in [6.07, 6.45) is 0.664. The average molecular weight is 198 g/mol. The highest BCUT2D eigenvalue weighted by molar-refractivity contribution is 5.36. The summed E-state index contributed by atoms with van der Waals surface area (Å²) in [4.78, 5) is 9.55. The van der Waals surface area contributed by atoms with Gasteiger partial charge in [-0.25, -0.2) is 0 Å². The van der Waals surface area contributed by atoms with E-state index in [4.69, 9.17) is 5.73 Å². The van der Waals surface area contributed by atoms with Crippen LogP contribution in [-0.4, -0.2) is 4.92 Å². The van der Waals surface area contributed by atoms with E-state index in [0.717, 1.165) is 12.1 Å². The van der Waals surface area contributed by atoms with Crippen molar-refractivity contribution >= 4 is 5.69 Å². The van der Waals surface area contributed by atoms with Gasteiger partial charge < -0.3 is 5.73 Å². The molecule has 4 nitrogen and oxygen atoms in total. The summed E-state index contributed by atoms with van der Waals surface area (Å²) in [5.41, 5.74) is 5.72. The molecule has 0 bridgehead atoms. The summed E-state index contributed by atoms with van der Waals surface area (Å²) < 4.78 is 13.1. The summed E-state index contributed by atoms with van der Waals surface area (Å²) in [5, 5.41) is 10.3. The van der Waals surface area contributed by atoms with E-state index in [9.17, 15) is 14.5 Å². The molecule has 1 aromatic carbocycles. The van der Waals surface area contributed by atoms with Crippen LogP contribution in [0.1, 0.15) is 24.9 Å². The van der Waals surface area contributed by atoms with Gasteiger partial charge >= 0.3 is 5.69 Å². The van der Waals surface area contributed by atoms with Gasteiger partial charge in [-0.05, 0) is 18.1 Å². The Morgan fingerprint density at radius 1 is 1.64 bits per heavy atom. The fraction of sp³-hybridized carbons (Fsp3) is 0.333. The fourth-order valence-corrected chi connectivity index (χ4v) is 1.14. The lowest BCUT2D eigenvalue weighted by molar-refractivity contribution is -0.387. The van der Waals surface area contributed by atoms with Crippen molar-refractivity contribution in [2.75, 3.05) is 0 Å². The molecule has 1 rings (SSSR count). The van der Waals surface area contributed by atoms with Gasteiger partial charge in [0.15, 0.2) is 0 Å². The van der Waals surface area contributed by atoms with E-state index in [2.05, 4.69) is 0 Å². The topological polar surface area (TPSA) is 69.2 Å². The molecular formula is C9H11FN2O2. The number of nitrogens with two attached hydrogens (primary N) is 1. The molecule has 0 saturated carbocycles. The zero-order chi connectivity index (χ0) is 10.7. The molecule has 14 heavy (non-hydrogen) atoms. The Kier molecular flexibility index (Phi) is 3.14. The van der Waals surface area contributed by atoms with Crippen molar-refractivity contribution in [1.82, 2.24) is 0 Å². The number of rotatable bonds is 3. The molecule has 0 spiro atoms. The Hall–Kier alpha value is -1.49. The largest absolute Gasteiger partial charge is 0.324 e. The lowest BCUT2D eigenvalue weighted by Gasteiger charge is -2.08. The molecule has 5 heteroatoms. The monoisotopic (exact) mass is 198 g/mol. The van der Waals surface area contributed by atoms with Gasteiger partial charge in [-0.15, -0.1) is 0 Å². The standard InChI is InChI=1S/C9H11FN2O2/c1-2-8(11)6-3-4-9(12(13)14)7(10)5-6/h3-5,8H,2,11H2,1H3/t8-/m0/s1. The van der Waals surface area contributed by atoms with Gasteiger partial charge in [-0.1, -0.05) is 13.0 Å². The molecule has 0 saturated heterocycles. The third kappa shape index (κ3) is 2.05. The number of nitrogens with zero attached hydrogens (tertiary/aromatic N) is 1. The van der Waals surface area contributed by atoms with Crippen LogP contribution in [0.5, 0.6) is 0 Å². The maximum atomic E-state index is 13.1. The zero-order valence-electron chi connectivity index (χ0n) is 7.74. The first kappa shape index (κ1) is 10.6. The van der Waals surface area contributed by atoms with E-state index in [1.165, 1.54) is 6.07 Å². The van der Waals surface area contributed by atoms with Crippen molar-refractivity contribution in [3.63, 3.8) is 0 Å². The van der Waals surface area contributed by atoms with E-state index >= 15 is 0 Å². The van der Waals surface area contributed by atoms with Gasteiger partial charge in [0, 0.05) is 12.1 Å². The van der Waals surface area contributed by atoms with Crippen LogP contribution in [0.3, 0.4) is 0 Å². The van der Waals surface area contributed by atoms with Crippen LogP contribution in [0.4, 0.5) is 10.1 Å². The molecule has 0 aromatic heterocycles. The second-order valence-corrected chi connectivity index (χ2v) is 2.98. The SMILES string of the molecule is CC[C@H](N)c1ccc([N+](=O)[O-])c(F)c1. The summed E-state index contributed by atoms with van der Waals surface area (Å²) in [6.45, 7) is 1.87. The first-order chi connectivity index (χ1) is 6.56. The Morgan fingerprint density at radius 2 is 2.29 bits per heavy atom. The molecule has 0 radical (unpaired) electrons. The van der Waals surface area contributed by atoms with E-state index in [0.29, 0.717) is 12.0 Å². The molecule has 2 N–H and O–H groups in total.